The normalized spacial score (nSPS) is 15.8. The van der Waals surface area contributed by atoms with Crippen LogP contribution in [0.4, 0.5) is 18.0 Å². The summed E-state index contributed by atoms with van der Waals surface area (Å²) in [4.78, 5) is 29.3. The van der Waals surface area contributed by atoms with Crippen LogP contribution in [0.2, 0.25) is 0 Å². The molecule has 1 aliphatic rings. The number of halogens is 3. The molecule has 2 aromatic carbocycles. The maximum atomic E-state index is 13.5. The summed E-state index contributed by atoms with van der Waals surface area (Å²) in [5, 5.41) is 6.06. The summed E-state index contributed by atoms with van der Waals surface area (Å²) in [6.45, 7) is 7.70. The van der Waals surface area contributed by atoms with E-state index in [1.807, 2.05) is 0 Å². The van der Waals surface area contributed by atoms with E-state index in [0.717, 1.165) is 17.7 Å². The molecule has 2 heterocycles. The summed E-state index contributed by atoms with van der Waals surface area (Å²) in [7, 11) is -2.67. The molecule has 1 fully saturated rings. The van der Waals surface area contributed by atoms with E-state index in [1.165, 1.54) is 18.5 Å². The molecule has 230 valence electrons. The Kier molecular flexibility index (Phi) is 9.66. The maximum Gasteiger partial charge on any atom is 0.416 e. The van der Waals surface area contributed by atoms with Gasteiger partial charge in [0.15, 0.2) is 0 Å². The zero-order chi connectivity index (χ0) is 31.4. The zero-order valence-electron chi connectivity index (χ0n) is 24.5. The fraction of sp³-hybridized carbons (Fsp3) is 0.387. The number of amides is 2. The average molecular weight is 618 g/mol. The molecule has 0 unspecified atom stereocenters. The summed E-state index contributed by atoms with van der Waals surface area (Å²) in [6, 6.07) is 11.3. The summed E-state index contributed by atoms with van der Waals surface area (Å²) >= 11 is 0. The third-order valence-electron chi connectivity index (χ3n) is 6.98. The second-order valence-electron chi connectivity index (χ2n) is 11.4. The van der Waals surface area contributed by atoms with Crippen LogP contribution in [0.15, 0.2) is 60.9 Å². The third-order valence-corrected chi connectivity index (χ3v) is 9.97. The van der Waals surface area contributed by atoms with Crippen LogP contribution in [-0.2, 0) is 26.8 Å². The van der Waals surface area contributed by atoms with E-state index in [1.54, 1.807) is 58.0 Å². The fourth-order valence-corrected chi connectivity index (χ4v) is 6.88. The maximum absolute atomic E-state index is 13.5. The number of nitrogens with zero attached hydrogens (tertiary/aromatic N) is 1. The summed E-state index contributed by atoms with van der Waals surface area (Å²) in [5.74, 6) is -0.390. The number of alkyl carbamates (subject to hydrolysis) is 1. The molecule has 2 amide bonds. The first-order valence-electron chi connectivity index (χ1n) is 13.8. The number of pyridine rings is 1. The third kappa shape index (κ3) is 8.45. The van der Waals surface area contributed by atoms with Crippen molar-refractivity contribution in [1.29, 1.82) is 0 Å². The SMILES string of the molecule is C[C@@H](NC(=O)c1cncc(P2(=O)CCOCC2)c1)c1ccc(-c2cc(C(F)(F)F)ccc2CNC(=O)OC(C)(C)C)cc1. The van der Waals surface area contributed by atoms with Crippen molar-refractivity contribution in [2.75, 3.05) is 25.5 Å². The molecule has 12 heteroatoms. The molecule has 43 heavy (non-hydrogen) atoms. The Hall–Kier alpha value is -3.69. The largest absolute Gasteiger partial charge is 0.444 e. The van der Waals surface area contributed by atoms with E-state index in [4.69, 9.17) is 9.47 Å². The quantitative estimate of drug-likeness (QED) is 0.302. The van der Waals surface area contributed by atoms with Gasteiger partial charge >= 0.3 is 12.3 Å². The van der Waals surface area contributed by atoms with Crippen LogP contribution < -0.4 is 15.9 Å². The van der Waals surface area contributed by atoms with Gasteiger partial charge < -0.3 is 24.7 Å². The minimum absolute atomic E-state index is 0.0380. The van der Waals surface area contributed by atoms with Gasteiger partial charge in [-0.2, -0.15) is 13.2 Å². The van der Waals surface area contributed by atoms with Crippen molar-refractivity contribution in [2.24, 2.45) is 0 Å². The van der Waals surface area contributed by atoms with Gasteiger partial charge in [-0.25, -0.2) is 4.79 Å². The van der Waals surface area contributed by atoms with Crippen LogP contribution in [0.3, 0.4) is 0 Å². The lowest BCUT2D eigenvalue weighted by Gasteiger charge is -2.23. The number of nitrogens with one attached hydrogen (secondary N) is 2. The van der Waals surface area contributed by atoms with Crippen LogP contribution in [-0.4, -0.2) is 48.1 Å². The van der Waals surface area contributed by atoms with Gasteiger partial charge in [0.25, 0.3) is 5.91 Å². The lowest BCUT2D eigenvalue weighted by molar-refractivity contribution is -0.137. The Bertz CT molecular complexity index is 1510. The summed E-state index contributed by atoms with van der Waals surface area (Å²) in [6.07, 6.45) is -1.45. The van der Waals surface area contributed by atoms with E-state index >= 15 is 0 Å². The number of benzene rings is 2. The van der Waals surface area contributed by atoms with E-state index in [-0.39, 0.29) is 18.0 Å². The van der Waals surface area contributed by atoms with Crippen LogP contribution in [0, 0.1) is 0 Å². The van der Waals surface area contributed by atoms with Crippen molar-refractivity contribution in [3.63, 3.8) is 0 Å². The number of alkyl halides is 3. The summed E-state index contributed by atoms with van der Waals surface area (Å²) < 4.78 is 64.5. The molecule has 0 radical (unpaired) electrons. The van der Waals surface area contributed by atoms with Crippen molar-refractivity contribution < 1.29 is 36.8 Å². The highest BCUT2D eigenvalue weighted by molar-refractivity contribution is 7.71. The number of carbonyl (C=O) groups excluding carboxylic acids is 2. The molecule has 1 aromatic heterocycles. The van der Waals surface area contributed by atoms with Gasteiger partial charge in [0.2, 0.25) is 0 Å². The lowest BCUT2D eigenvalue weighted by atomic mass is 9.95. The van der Waals surface area contributed by atoms with Gasteiger partial charge in [0, 0.05) is 36.6 Å². The number of hydrogen-bond acceptors (Lipinski definition) is 6. The Morgan fingerprint density at radius 3 is 2.33 bits per heavy atom. The second-order valence-corrected chi connectivity index (χ2v) is 14.6. The Morgan fingerprint density at radius 1 is 1.02 bits per heavy atom. The molecule has 3 aromatic rings. The predicted octanol–water partition coefficient (Wildman–Crippen LogP) is 6.30. The number of rotatable bonds is 7. The molecule has 4 rings (SSSR count). The van der Waals surface area contributed by atoms with Crippen molar-refractivity contribution in [1.82, 2.24) is 15.6 Å². The minimum Gasteiger partial charge on any atom is -0.444 e. The molecule has 1 atom stereocenters. The highest BCUT2D eigenvalue weighted by Gasteiger charge is 2.31. The Balaban J connectivity index is 1.51. The van der Waals surface area contributed by atoms with Crippen molar-refractivity contribution in [3.8, 4) is 11.1 Å². The Morgan fingerprint density at radius 2 is 1.70 bits per heavy atom. The van der Waals surface area contributed by atoms with Crippen LogP contribution in [0.1, 0.15) is 60.8 Å². The van der Waals surface area contributed by atoms with Crippen LogP contribution in [0.5, 0.6) is 0 Å². The number of hydrogen-bond donors (Lipinski definition) is 2. The topological polar surface area (TPSA) is 107 Å². The predicted molar refractivity (Wildman–Crippen MR) is 158 cm³/mol. The highest BCUT2D eigenvalue weighted by atomic mass is 31.2. The standard InChI is InChI=1S/C31H35F3N3O5P/c1-20(37-28(38)24-15-26(19-35-17-24)43(40)13-11-41-12-14-43)21-5-7-22(8-6-21)27-16-25(31(32,33)34)10-9-23(27)18-36-29(39)42-30(2,3)4/h5-10,15-17,19-20H,11-14,18H2,1-4H3,(H,36,39)(H,37,38)/t20-/m1/s1. The van der Waals surface area contributed by atoms with Gasteiger partial charge in [-0.1, -0.05) is 30.3 Å². The van der Waals surface area contributed by atoms with E-state index in [0.29, 0.717) is 47.5 Å². The number of aromatic nitrogens is 1. The van der Waals surface area contributed by atoms with E-state index < -0.39 is 36.6 Å². The number of carbonyl (C=O) groups is 2. The molecule has 1 aliphatic heterocycles. The molecule has 1 saturated heterocycles. The van der Waals surface area contributed by atoms with E-state index in [2.05, 4.69) is 15.6 Å². The van der Waals surface area contributed by atoms with Crippen molar-refractivity contribution >= 4 is 24.4 Å². The summed E-state index contributed by atoms with van der Waals surface area (Å²) in [5.41, 5.74) is 0.759. The first-order chi connectivity index (χ1) is 20.1. The molecule has 0 bridgehead atoms. The van der Waals surface area contributed by atoms with Crippen molar-refractivity contribution in [2.45, 2.75) is 52.1 Å². The number of ether oxygens (including phenoxy) is 2. The molecular formula is C31H35F3N3O5P. The molecule has 0 spiro atoms. The molecule has 8 nitrogen and oxygen atoms in total. The minimum atomic E-state index is -4.55. The Labute approximate surface area is 248 Å². The second kappa shape index (κ2) is 12.9. The monoisotopic (exact) mass is 617 g/mol. The lowest BCUT2D eigenvalue weighted by Crippen LogP contribution is -2.32. The van der Waals surface area contributed by atoms with Crippen LogP contribution >= 0.6 is 7.14 Å². The van der Waals surface area contributed by atoms with Gasteiger partial charge in [0.05, 0.1) is 30.4 Å². The fourth-order valence-electron chi connectivity index (χ4n) is 4.64. The van der Waals surface area contributed by atoms with Gasteiger partial charge in [-0.3, -0.25) is 9.78 Å². The van der Waals surface area contributed by atoms with Gasteiger partial charge in [-0.05, 0) is 68.1 Å². The molecule has 0 saturated carbocycles. The molecule has 0 aliphatic carbocycles. The van der Waals surface area contributed by atoms with Crippen LogP contribution in [0.25, 0.3) is 11.1 Å². The van der Waals surface area contributed by atoms with Gasteiger partial charge in [0.1, 0.15) is 12.7 Å². The van der Waals surface area contributed by atoms with Crippen molar-refractivity contribution in [3.05, 3.63) is 83.2 Å². The zero-order valence-corrected chi connectivity index (χ0v) is 25.4. The average Bonchev–Trinajstić information content (AvgIpc) is 2.95. The molecular weight excluding hydrogens is 582 g/mol. The smallest absolute Gasteiger partial charge is 0.416 e. The first-order valence-corrected chi connectivity index (χ1v) is 15.9. The van der Waals surface area contributed by atoms with Gasteiger partial charge in [-0.15, -0.1) is 0 Å². The highest BCUT2D eigenvalue weighted by Crippen LogP contribution is 2.45. The van der Waals surface area contributed by atoms with E-state index in [9.17, 15) is 27.3 Å². The molecule has 2 N–H and O–H groups in total. The first kappa shape index (κ1) is 32.2.